The summed E-state index contributed by atoms with van der Waals surface area (Å²) in [6, 6.07) is 6.90. The van der Waals surface area contributed by atoms with Crippen molar-refractivity contribution in [2.24, 2.45) is 0 Å². The number of hydrogen-bond donors (Lipinski definition) is 1. The molecule has 13 heavy (non-hydrogen) atoms. The maximum absolute atomic E-state index is 9.01. The minimum atomic E-state index is 0.266. The zero-order chi connectivity index (χ0) is 9.68. The quantitative estimate of drug-likeness (QED) is 0.566. The predicted octanol–water partition coefficient (Wildman–Crippen LogP) is 2.57. The topological polar surface area (TPSA) is 29.5 Å². The first-order chi connectivity index (χ1) is 6.22. The summed E-state index contributed by atoms with van der Waals surface area (Å²) < 4.78 is 4.86. The van der Waals surface area contributed by atoms with Gasteiger partial charge in [-0.1, -0.05) is 24.8 Å². The Kier molecular flexibility index (Phi) is 3.15. The average molecular weight is 176 g/mol. The van der Waals surface area contributed by atoms with Crippen molar-refractivity contribution < 1.29 is 9.84 Å². The van der Waals surface area contributed by atoms with E-state index in [0.717, 1.165) is 5.56 Å². The molecule has 0 aliphatic carbocycles. The monoisotopic (exact) mass is 176 g/mol. The zero-order valence-corrected chi connectivity index (χ0v) is 7.53. The molecule has 1 aromatic rings. The predicted molar refractivity (Wildman–Crippen MR) is 53.3 cm³/mol. The number of aromatic hydroxyl groups is 1. The highest BCUT2D eigenvalue weighted by Gasteiger charge is 1.88. The lowest BCUT2D eigenvalue weighted by Gasteiger charge is -1.96. The molecular formula is C11H12O2. The zero-order valence-electron chi connectivity index (χ0n) is 7.53. The van der Waals surface area contributed by atoms with E-state index in [9.17, 15) is 0 Å². The van der Waals surface area contributed by atoms with Crippen LogP contribution in [-0.2, 0) is 4.74 Å². The van der Waals surface area contributed by atoms with E-state index in [2.05, 4.69) is 6.58 Å². The van der Waals surface area contributed by atoms with Crippen molar-refractivity contribution in [1.82, 2.24) is 0 Å². The lowest BCUT2D eigenvalue weighted by Crippen LogP contribution is -1.77. The molecule has 0 radical (unpaired) electrons. The number of hydrogen-bond acceptors (Lipinski definition) is 2. The highest BCUT2D eigenvalue weighted by molar-refractivity contribution is 5.52. The highest BCUT2D eigenvalue weighted by Crippen LogP contribution is 2.11. The molecule has 0 heterocycles. The molecule has 0 bridgehead atoms. The Balaban J connectivity index is 2.69. The Bertz CT molecular complexity index is 309. The van der Waals surface area contributed by atoms with Crippen molar-refractivity contribution in [3.05, 3.63) is 48.2 Å². The molecular weight excluding hydrogens is 164 g/mol. The van der Waals surface area contributed by atoms with Crippen LogP contribution in [0, 0.1) is 0 Å². The normalized spacial score (nSPS) is 10.2. The van der Waals surface area contributed by atoms with Gasteiger partial charge >= 0.3 is 0 Å². The minimum absolute atomic E-state index is 0.266. The van der Waals surface area contributed by atoms with Crippen molar-refractivity contribution in [3.63, 3.8) is 0 Å². The molecule has 1 rings (SSSR count). The molecule has 68 valence electrons. The van der Waals surface area contributed by atoms with E-state index in [4.69, 9.17) is 9.84 Å². The summed E-state index contributed by atoms with van der Waals surface area (Å²) in [7, 11) is 1.57. The highest BCUT2D eigenvalue weighted by atomic mass is 16.5. The summed E-state index contributed by atoms with van der Waals surface area (Å²) in [5.41, 5.74) is 0.996. The maximum atomic E-state index is 9.01. The lowest BCUT2D eigenvalue weighted by molar-refractivity contribution is 0.309. The number of phenols is 1. The largest absolute Gasteiger partial charge is 0.508 e. The molecule has 0 fully saturated rings. The van der Waals surface area contributed by atoms with Gasteiger partial charge in [0.2, 0.25) is 0 Å². The van der Waals surface area contributed by atoms with Gasteiger partial charge in [-0.3, -0.25) is 0 Å². The van der Waals surface area contributed by atoms with Crippen LogP contribution >= 0.6 is 0 Å². The lowest BCUT2D eigenvalue weighted by atomic mass is 10.2. The first-order valence-corrected chi connectivity index (χ1v) is 3.92. The van der Waals surface area contributed by atoms with E-state index >= 15 is 0 Å². The van der Waals surface area contributed by atoms with Crippen molar-refractivity contribution >= 4 is 6.08 Å². The van der Waals surface area contributed by atoms with Crippen molar-refractivity contribution in [2.75, 3.05) is 7.11 Å². The third-order valence-electron chi connectivity index (χ3n) is 1.62. The molecule has 0 aliphatic heterocycles. The number of benzene rings is 1. The molecule has 2 nitrogen and oxygen atoms in total. The molecule has 0 spiro atoms. The van der Waals surface area contributed by atoms with Crippen molar-refractivity contribution in [3.8, 4) is 5.75 Å². The number of methoxy groups -OCH3 is 1. The van der Waals surface area contributed by atoms with Crippen LogP contribution in [0.15, 0.2) is 42.7 Å². The van der Waals surface area contributed by atoms with Gasteiger partial charge in [-0.05, 0) is 23.8 Å². The Morgan fingerprint density at radius 2 is 2.00 bits per heavy atom. The third kappa shape index (κ3) is 3.03. The Morgan fingerprint density at radius 1 is 1.38 bits per heavy atom. The van der Waals surface area contributed by atoms with Gasteiger partial charge in [-0.2, -0.15) is 0 Å². The summed E-state index contributed by atoms with van der Waals surface area (Å²) in [6.07, 6.45) is 3.64. The molecule has 0 aliphatic rings. The van der Waals surface area contributed by atoms with E-state index in [1.165, 1.54) is 0 Å². The second-order valence-corrected chi connectivity index (χ2v) is 2.60. The molecule has 0 aromatic heterocycles. The molecule has 0 saturated carbocycles. The fraction of sp³-hybridized carbons (Fsp3) is 0.0909. The van der Waals surface area contributed by atoms with Gasteiger partial charge in [-0.15, -0.1) is 0 Å². The molecule has 2 heteroatoms. The fourth-order valence-electron chi connectivity index (χ4n) is 0.843. The smallest absolute Gasteiger partial charge is 0.115 e. The van der Waals surface area contributed by atoms with Crippen LogP contribution in [0.3, 0.4) is 0 Å². The van der Waals surface area contributed by atoms with Crippen LogP contribution in [0.25, 0.3) is 6.08 Å². The Hall–Kier alpha value is -1.70. The van der Waals surface area contributed by atoms with Crippen molar-refractivity contribution in [1.29, 1.82) is 0 Å². The summed E-state index contributed by atoms with van der Waals surface area (Å²) >= 11 is 0. The Morgan fingerprint density at radius 3 is 2.54 bits per heavy atom. The summed E-state index contributed by atoms with van der Waals surface area (Å²) in [6.45, 7) is 3.65. The number of ether oxygens (including phenoxy) is 1. The van der Waals surface area contributed by atoms with Gasteiger partial charge < -0.3 is 9.84 Å². The van der Waals surface area contributed by atoms with Crippen LogP contribution in [0.5, 0.6) is 5.75 Å². The SMILES string of the molecule is C=C(/C=C/c1ccc(O)cc1)OC. The van der Waals surface area contributed by atoms with E-state index < -0.39 is 0 Å². The second kappa shape index (κ2) is 4.36. The number of allylic oxidation sites excluding steroid dienone is 1. The van der Waals surface area contributed by atoms with Gasteiger partial charge in [0.05, 0.1) is 7.11 Å². The summed E-state index contributed by atoms with van der Waals surface area (Å²) in [4.78, 5) is 0. The van der Waals surface area contributed by atoms with Gasteiger partial charge in [0.1, 0.15) is 11.5 Å². The molecule has 0 unspecified atom stereocenters. The molecule has 0 saturated heterocycles. The van der Waals surface area contributed by atoms with Crippen LogP contribution in [0.1, 0.15) is 5.56 Å². The summed E-state index contributed by atoms with van der Waals surface area (Å²) in [5.74, 6) is 0.871. The minimum Gasteiger partial charge on any atom is -0.508 e. The van der Waals surface area contributed by atoms with E-state index in [-0.39, 0.29) is 5.75 Å². The van der Waals surface area contributed by atoms with Gasteiger partial charge in [0.15, 0.2) is 0 Å². The maximum Gasteiger partial charge on any atom is 0.115 e. The molecule has 1 N–H and O–H groups in total. The molecule has 1 aromatic carbocycles. The van der Waals surface area contributed by atoms with Crippen LogP contribution < -0.4 is 0 Å². The third-order valence-corrected chi connectivity index (χ3v) is 1.62. The fourth-order valence-corrected chi connectivity index (χ4v) is 0.843. The van der Waals surface area contributed by atoms with E-state index in [1.807, 2.05) is 18.2 Å². The van der Waals surface area contributed by atoms with Crippen molar-refractivity contribution in [2.45, 2.75) is 0 Å². The first kappa shape index (κ1) is 9.39. The standard InChI is InChI=1S/C11H12O2/c1-9(13-2)3-4-10-5-7-11(12)8-6-10/h3-8,12H,1H2,2H3/b4-3+. The van der Waals surface area contributed by atoms with Gasteiger partial charge in [0, 0.05) is 0 Å². The molecule has 0 amide bonds. The van der Waals surface area contributed by atoms with Gasteiger partial charge in [0.25, 0.3) is 0 Å². The average Bonchev–Trinajstić information content (AvgIpc) is 2.16. The number of phenolic OH excluding ortho intramolecular Hbond substituents is 1. The Labute approximate surface area is 77.8 Å². The second-order valence-electron chi connectivity index (χ2n) is 2.60. The van der Waals surface area contributed by atoms with Crippen LogP contribution in [0.4, 0.5) is 0 Å². The van der Waals surface area contributed by atoms with E-state index in [0.29, 0.717) is 5.76 Å². The molecule has 0 atom stereocenters. The first-order valence-electron chi connectivity index (χ1n) is 3.92. The van der Waals surface area contributed by atoms with Crippen LogP contribution in [-0.4, -0.2) is 12.2 Å². The van der Waals surface area contributed by atoms with Crippen LogP contribution in [0.2, 0.25) is 0 Å². The van der Waals surface area contributed by atoms with E-state index in [1.54, 1.807) is 25.3 Å². The summed E-state index contributed by atoms with van der Waals surface area (Å²) in [5, 5.41) is 9.01. The number of rotatable bonds is 3. The van der Waals surface area contributed by atoms with Gasteiger partial charge in [-0.25, -0.2) is 0 Å².